The van der Waals surface area contributed by atoms with Crippen LogP contribution in [-0.2, 0) is 0 Å². The van der Waals surface area contributed by atoms with Crippen molar-refractivity contribution in [3.63, 3.8) is 0 Å². The molecule has 0 atom stereocenters. The highest BCUT2D eigenvalue weighted by atomic mass is 79.9. The Balaban J connectivity index is 1.85. The molecule has 0 saturated heterocycles. The van der Waals surface area contributed by atoms with E-state index in [1.54, 1.807) is 13.2 Å². The summed E-state index contributed by atoms with van der Waals surface area (Å²) in [6.07, 6.45) is 1.80. The Labute approximate surface area is 155 Å². The van der Waals surface area contributed by atoms with Gasteiger partial charge in [0.25, 0.3) is 5.56 Å². The molecular formula is C18H12BrN3O2S. The largest absolute Gasteiger partial charge is 0.496 e. The van der Waals surface area contributed by atoms with Crippen LogP contribution in [0.1, 0.15) is 5.56 Å². The Morgan fingerprint density at radius 3 is 2.72 bits per heavy atom. The van der Waals surface area contributed by atoms with Gasteiger partial charge in [0.1, 0.15) is 5.75 Å². The van der Waals surface area contributed by atoms with Crippen molar-refractivity contribution < 1.29 is 4.74 Å². The monoisotopic (exact) mass is 413 g/mol. The van der Waals surface area contributed by atoms with Gasteiger partial charge in [0.2, 0.25) is 4.96 Å². The third-order valence-corrected chi connectivity index (χ3v) is 5.14. The maximum absolute atomic E-state index is 12.6. The maximum atomic E-state index is 12.6. The van der Waals surface area contributed by atoms with Gasteiger partial charge in [-0.05, 0) is 24.3 Å². The van der Waals surface area contributed by atoms with Gasteiger partial charge in [0, 0.05) is 15.6 Å². The molecule has 4 rings (SSSR count). The average molecular weight is 414 g/mol. The van der Waals surface area contributed by atoms with Gasteiger partial charge in [0.05, 0.1) is 11.6 Å². The zero-order valence-corrected chi connectivity index (χ0v) is 15.5. The number of ether oxygens (including phenoxy) is 1. The molecule has 0 saturated carbocycles. The summed E-state index contributed by atoms with van der Waals surface area (Å²) in [5, 5.41) is 4.35. The normalized spacial score (nSPS) is 12.0. The molecule has 7 heteroatoms. The van der Waals surface area contributed by atoms with E-state index in [-0.39, 0.29) is 5.56 Å². The molecule has 0 unspecified atom stereocenters. The second-order valence-corrected chi connectivity index (χ2v) is 7.22. The number of fused-ring (bicyclic) bond motifs is 1. The number of thiazole rings is 1. The van der Waals surface area contributed by atoms with Crippen LogP contribution in [0.15, 0.2) is 57.8 Å². The standard InChI is InChI=1S/C18H12BrN3O2S/c1-24-14-8-7-13(19)9-12(14)10-15-17(23)22-18(25-15)20-16(21-22)11-5-3-2-4-6-11/h2-10H,1H3/b15-10-. The first kappa shape index (κ1) is 16.0. The summed E-state index contributed by atoms with van der Waals surface area (Å²) in [5.41, 5.74) is 1.52. The Kier molecular flexibility index (Phi) is 4.10. The molecule has 0 aliphatic heterocycles. The molecule has 2 heterocycles. The highest BCUT2D eigenvalue weighted by Crippen LogP contribution is 2.23. The predicted molar refractivity (Wildman–Crippen MR) is 102 cm³/mol. The number of hydrogen-bond donors (Lipinski definition) is 0. The van der Waals surface area contributed by atoms with E-state index in [1.807, 2.05) is 48.5 Å². The lowest BCUT2D eigenvalue weighted by atomic mass is 10.2. The molecule has 0 fully saturated rings. The number of halogens is 1. The van der Waals surface area contributed by atoms with Crippen LogP contribution in [0.4, 0.5) is 0 Å². The lowest BCUT2D eigenvalue weighted by Crippen LogP contribution is -2.23. The van der Waals surface area contributed by atoms with E-state index in [9.17, 15) is 4.79 Å². The second kappa shape index (κ2) is 6.42. The molecular weight excluding hydrogens is 402 g/mol. The van der Waals surface area contributed by atoms with Crippen LogP contribution >= 0.6 is 27.3 Å². The summed E-state index contributed by atoms with van der Waals surface area (Å²) in [6, 6.07) is 15.3. The molecule has 0 aliphatic carbocycles. The number of benzene rings is 2. The zero-order valence-electron chi connectivity index (χ0n) is 13.1. The number of rotatable bonds is 3. The SMILES string of the molecule is COc1ccc(Br)cc1/C=c1\sc2nc(-c3ccccc3)nn2c1=O. The number of hydrogen-bond acceptors (Lipinski definition) is 5. The number of aromatic nitrogens is 3. The highest BCUT2D eigenvalue weighted by molar-refractivity contribution is 9.10. The molecule has 2 aromatic carbocycles. The minimum atomic E-state index is -0.184. The predicted octanol–water partition coefficient (Wildman–Crippen LogP) is 3.14. The second-order valence-electron chi connectivity index (χ2n) is 5.30. The Hall–Kier alpha value is -2.51. The fourth-order valence-electron chi connectivity index (χ4n) is 2.50. The van der Waals surface area contributed by atoms with Gasteiger partial charge in [-0.1, -0.05) is 57.6 Å². The van der Waals surface area contributed by atoms with Gasteiger partial charge in [-0.2, -0.15) is 9.50 Å². The van der Waals surface area contributed by atoms with E-state index >= 15 is 0 Å². The van der Waals surface area contributed by atoms with E-state index in [0.29, 0.717) is 21.1 Å². The molecule has 25 heavy (non-hydrogen) atoms. The van der Waals surface area contributed by atoms with Crippen LogP contribution in [0, 0.1) is 0 Å². The van der Waals surface area contributed by atoms with Crippen LogP contribution in [0.5, 0.6) is 5.75 Å². The van der Waals surface area contributed by atoms with E-state index in [4.69, 9.17) is 4.74 Å². The topological polar surface area (TPSA) is 56.5 Å². The van der Waals surface area contributed by atoms with Gasteiger partial charge in [-0.3, -0.25) is 4.79 Å². The lowest BCUT2D eigenvalue weighted by Gasteiger charge is -2.04. The third kappa shape index (κ3) is 2.96. The van der Waals surface area contributed by atoms with Crippen molar-refractivity contribution in [1.29, 1.82) is 0 Å². The third-order valence-electron chi connectivity index (χ3n) is 3.69. The van der Waals surface area contributed by atoms with Crippen molar-refractivity contribution in [2.75, 3.05) is 7.11 Å². The van der Waals surface area contributed by atoms with Crippen molar-refractivity contribution in [2.45, 2.75) is 0 Å². The van der Waals surface area contributed by atoms with E-state index in [2.05, 4.69) is 26.0 Å². The smallest absolute Gasteiger partial charge is 0.291 e. The molecule has 0 bridgehead atoms. The van der Waals surface area contributed by atoms with Gasteiger partial charge in [-0.25, -0.2) is 0 Å². The zero-order chi connectivity index (χ0) is 17.4. The number of nitrogens with zero attached hydrogens (tertiary/aromatic N) is 3. The minimum Gasteiger partial charge on any atom is -0.496 e. The van der Waals surface area contributed by atoms with Crippen molar-refractivity contribution in [2.24, 2.45) is 0 Å². The summed E-state index contributed by atoms with van der Waals surface area (Å²) in [5.74, 6) is 1.25. The molecule has 0 radical (unpaired) electrons. The molecule has 0 N–H and O–H groups in total. The van der Waals surface area contributed by atoms with Crippen LogP contribution in [0.3, 0.4) is 0 Å². The molecule has 5 nitrogen and oxygen atoms in total. The maximum Gasteiger partial charge on any atom is 0.291 e. The van der Waals surface area contributed by atoms with Crippen molar-refractivity contribution in [3.8, 4) is 17.1 Å². The summed E-state index contributed by atoms with van der Waals surface area (Å²) >= 11 is 4.75. The highest BCUT2D eigenvalue weighted by Gasteiger charge is 2.12. The van der Waals surface area contributed by atoms with E-state index in [0.717, 1.165) is 15.6 Å². The Morgan fingerprint density at radius 2 is 2.00 bits per heavy atom. The number of methoxy groups -OCH3 is 1. The average Bonchev–Trinajstić information content (AvgIpc) is 3.16. The first-order chi connectivity index (χ1) is 12.2. The quantitative estimate of drug-likeness (QED) is 0.517. The van der Waals surface area contributed by atoms with E-state index < -0.39 is 0 Å². The first-order valence-corrected chi connectivity index (χ1v) is 9.07. The first-order valence-electron chi connectivity index (χ1n) is 7.46. The lowest BCUT2D eigenvalue weighted by molar-refractivity contribution is 0.414. The van der Waals surface area contributed by atoms with Crippen LogP contribution in [0.25, 0.3) is 22.4 Å². The molecule has 0 spiro atoms. The van der Waals surface area contributed by atoms with E-state index in [1.165, 1.54) is 15.9 Å². The fourth-order valence-corrected chi connectivity index (χ4v) is 3.78. The molecule has 0 aliphatic rings. The van der Waals surface area contributed by atoms with Crippen molar-refractivity contribution >= 4 is 38.3 Å². The van der Waals surface area contributed by atoms with Crippen LogP contribution in [0.2, 0.25) is 0 Å². The minimum absolute atomic E-state index is 0.184. The van der Waals surface area contributed by atoms with Gasteiger partial charge < -0.3 is 4.74 Å². The van der Waals surface area contributed by atoms with Crippen molar-refractivity contribution in [1.82, 2.24) is 14.6 Å². The summed E-state index contributed by atoms with van der Waals surface area (Å²) in [4.78, 5) is 17.7. The molecule has 2 aromatic heterocycles. The van der Waals surface area contributed by atoms with Gasteiger partial charge >= 0.3 is 0 Å². The van der Waals surface area contributed by atoms with Gasteiger partial charge in [0.15, 0.2) is 5.82 Å². The van der Waals surface area contributed by atoms with Crippen LogP contribution < -0.4 is 14.8 Å². The molecule has 124 valence electrons. The summed E-state index contributed by atoms with van der Waals surface area (Å²) < 4.78 is 8.18. The Bertz CT molecular complexity index is 1170. The summed E-state index contributed by atoms with van der Waals surface area (Å²) in [7, 11) is 1.60. The summed E-state index contributed by atoms with van der Waals surface area (Å²) in [6.45, 7) is 0. The van der Waals surface area contributed by atoms with Crippen molar-refractivity contribution in [3.05, 3.63) is 73.5 Å². The fraction of sp³-hybridized carbons (Fsp3) is 0.0556. The van der Waals surface area contributed by atoms with Gasteiger partial charge in [-0.15, -0.1) is 5.10 Å². The Morgan fingerprint density at radius 1 is 1.20 bits per heavy atom. The molecule has 0 amide bonds. The molecule has 4 aromatic rings. The van der Waals surface area contributed by atoms with Crippen LogP contribution in [-0.4, -0.2) is 21.7 Å².